The molecule has 1 heterocycles. The van der Waals surface area contributed by atoms with Gasteiger partial charge in [0.05, 0.1) is 16.9 Å². The minimum Gasteiger partial charge on any atom is -0.322 e. The Balaban J connectivity index is 2.56. The molecule has 0 amide bonds. The zero-order valence-electron chi connectivity index (χ0n) is 10.5. The van der Waals surface area contributed by atoms with Crippen molar-refractivity contribution in [1.82, 2.24) is 9.78 Å². The van der Waals surface area contributed by atoms with E-state index in [0.29, 0.717) is 10.0 Å². The predicted molar refractivity (Wildman–Crippen MR) is 75.5 cm³/mol. The first-order chi connectivity index (χ1) is 8.30. The first kappa shape index (κ1) is 13.4. The zero-order chi connectivity index (χ0) is 13.5. The maximum absolute atomic E-state index is 6.18. The van der Waals surface area contributed by atoms with Crippen molar-refractivity contribution in [2.45, 2.75) is 26.3 Å². The Kier molecular flexibility index (Phi) is 3.41. The fourth-order valence-electron chi connectivity index (χ4n) is 1.94. The van der Waals surface area contributed by atoms with Crippen molar-refractivity contribution in [2.24, 2.45) is 5.73 Å². The van der Waals surface area contributed by atoms with E-state index in [4.69, 9.17) is 28.9 Å². The quantitative estimate of drug-likeness (QED) is 0.914. The molecule has 3 nitrogen and oxygen atoms in total. The third kappa shape index (κ3) is 2.39. The Hall–Kier alpha value is -1.03. The Labute approximate surface area is 117 Å². The lowest BCUT2D eigenvalue weighted by molar-refractivity contribution is 0.550. The monoisotopic (exact) mass is 283 g/mol. The molecule has 0 aliphatic heterocycles. The summed E-state index contributed by atoms with van der Waals surface area (Å²) in [7, 11) is 0. The number of hydrogen-bond acceptors (Lipinski definition) is 2. The maximum Gasteiger partial charge on any atom is 0.0836 e. The molecule has 2 rings (SSSR count). The highest BCUT2D eigenvalue weighted by Crippen LogP contribution is 2.28. The predicted octanol–water partition coefficient (Wildman–Crippen LogP) is 3.68. The van der Waals surface area contributed by atoms with Gasteiger partial charge in [0, 0.05) is 21.8 Å². The van der Waals surface area contributed by atoms with Crippen LogP contribution in [0.1, 0.15) is 25.1 Å². The van der Waals surface area contributed by atoms with Crippen LogP contribution in [0.15, 0.2) is 24.4 Å². The van der Waals surface area contributed by atoms with E-state index in [1.165, 1.54) is 0 Å². The molecule has 0 saturated carbocycles. The van der Waals surface area contributed by atoms with Crippen LogP contribution in [0.5, 0.6) is 0 Å². The van der Waals surface area contributed by atoms with Gasteiger partial charge in [0.15, 0.2) is 0 Å². The average Bonchev–Trinajstić information content (AvgIpc) is 2.60. The highest BCUT2D eigenvalue weighted by atomic mass is 35.5. The van der Waals surface area contributed by atoms with Gasteiger partial charge in [-0.25, -0.2) is 4.68 Å². The molecular weight excluding hydrogens is 269 g/mol. The third-order valence-electron chi connectivity index (χ3n) is 2.84. The zero-order valence-corrected chi connectivity index (χ0v) is 12.0. The van der Waals surface area contributed by atoms with Crippen LogP contribution in [0.25, 0.3) is 5.69 Å². The van der Waals surface area contributed by atoms with Gasteiger partial charge in [-0.3, -0.25) is 0 Å². The molecular formula is C13H15Cl2N3. The van der Waals surface area contributed by atoms with E-state index >= 15 is 0 Å². The van der Waals surface area contributed by atoms with Crippen molar-refractivity contribution in [3.63, 3.8) is 0 Å². The molecule has 0 spiro atoms. The summed E-state index contributed by atoms with van der Waals surface area (Å²) in [6, 6.07) is 5.34. The minimum absolute atomic E-state index is 0.429. The van der Waals surface area contributed by atoms with Gasteiger partial charge in [0.25, 0.3) is 0 Å². The second-order valence-corrected chi connectivity index (χ2v) is 5.72. The van der Waals surface area contributed by atoms with Gasteiger partial charge in [-0.2, -0.15) is 5.10 Å². The molecule has 2 aromatic rings. The molecule has 1 aromatic heterocycles. The van der Waals surface area contributed by atoms with Crippen molar-refractivity contribution in [2.75, 3.05) is 0 Å². The number of benzene rings is 1. The van der Waals surface area contributed by atoms with Crippen LogP contribution in [0.4, 0.5) is 0 Å². The van der Waals surface area contributed by atoms with Crippen molar-refractivity contribution in [3.8, 4) is 5.69 Å². The minimum atomic E-state index is -0.429. The molecule has 0 aliphatic rings. The summed E-state index contributed by atoms with van der Waals surface area (Å²) in [5.41, 5.74) is 8.45. The lowest BCUT2D eigenvalue weighted by atomic mass is 9.97. The van der Waals surface area contributed by atoms with Gasteiger partial charge < -0.3 is 5.73 Å². The second-order valence-electron chi connectivity index (χ2n) is 4.87. The van der Waals surface area contributed by atoms with Crippen LogP contribution >= 0.6 is 23.2 Å². The number of hydrogen-bond donors (Lipinski definition) is 1. The van der Waals surface area contributed by atoms with E-state index in [-0.39, 0.29) is 0 Å². The number of nitrogens with zero attached hydrogens (tertiary/aromatic N) is 2. The van der Waals surface area contributed by atoms with Crippen LogP contribution in [0.2, 0.25) is 10.0 Å². The topological polar surface area (TPSA) is 43.8 Å². The van der Waals surface area contributed by atoms with Gasteiger partial charge >= 0.3 is 0 Å². The molecule has 0 fully saturated rings. The van der Waals surface area contributed by atoms with E-state index in [0.717, 1.165) is 16.9 Å². The number of halogens is 2. The number of rotatable bonds is 2. The number of nitrogens with two attached hydrogens (primary N) is 1. The molecule has 0 radical (unpaired) electrons. The molecule has 2 N–H and O–H groups in total. The van der Waals surface area contributed by atoms with Crippen LogP contribution in [-0.4, -0.2) is 9.78 Å². The summed E-state index contributed by atoms with van der Waals surface area (Å²) >= 11 is 12.1. The standard InChI is InChI=1S/C13H15Cl2N3/c1-8-10(13(2,3)16)7-17-18(8)12-5-4-9(14)6-11(12)15/h4-7H,16H2,1-3H3. The van der Waals surface area contributed by atoms with Gasteiger partial charge in [-0.1, -0.05) is 23.2 Å². The first-order valence-corrected chi connectivity index (χ1v) is 6.35. The summed E-state index contributed by atoms with van der Waals surface area (Å²) in [4.78, 5) is 0. The van der Waals surface area contributed by atoms with Crippen LogP contribution in [0.3, 0.4) is 0 Å². The molecule has 0 saturated heterocycles. The van der Waals surface area contributed by atoms with Crippen LogP contribution in [-0.2, 0) is 5.54 Å². The Morgan fingerprint density at radius 1 is 1.28 bits per heavy atom. The van der Waals surface area contributed by atoms with E-state index in [9.17, 15) is 0 Å². The Morgan fingerprint density at radius 2 is 1.94 bits per heavy atom. The van der Waals surface area contributed by atoms with E-state index in [1.54, 1.807) is 23.0 Å². The molecule has 1 aromatic carbocycles. The van der Waals surface area contributed by atoms with E-state index in [1.807, 2.05) is 26.8 Å². The molecule has 0 unspecified atom stereocenters. The molecule has 0 bridgehead atoms. The second kappa shape index (κ2) is 4.57. The fraction of sp³-hybridized carbons (Fsp3) is 0.308. The van der Waals surface area contributed by atoms with Gasteiger partial charge in [-0.15, -0.1) is 0 Å². The third-order valence-corrected chi connectivity index (χ3v) is 3.38. The highest BCUT2D eigenvalue weighted by Gasteiger charge is 2.21. The van der Waals surface area contributed by atoms with E-state index < -0.39 is 5.54 Å². The van der Waals surface area contributed by atoms with Gasteiger partial charge in [-0.05, 0) is 39.0 Å². The fourth-order valence-corrected chi connectivity index (χ4v) is 2.43. The van der Waals surface area contributed by atoms with Gasteiger partial charge in [0.1, 0.15) is 0 Å². The normalized spacial score (nSPS) is 11.9. The van der Waals surface area contributed by atoms with Crippen molar-refractivity contribution >= 4 is 23.2 Å². The average molecular weight is 284 g/mol. The van der Waals surface area contributed by atoms with Crippen molar-refractivity contribution in [3.05, 3.63) is 45.7 Å². The SMILES string of the molecule is Cc1c(C(C)(C)N)cnn1-c1ccc(Cl)cc1Cl. The molecule has 0 aliphatic carbocycles. The molecule has 18 heavy (non-hydrogen) atoms. The summed E-state index contributed by atoms with van der Waals surface area (Å²) in [6.45, 7) is 5.87. The highest BCUT2D eigenvalue weighted by molar-refractivity contribution is 6.35. The first-order valence-electron chi connectivity index (χ1n) is 5.60. The molecule has 5 heteroatoms. The Bertz CT molecular complexity index is 582. The lowest BCUT2D eigenvalue weighted by Crippen LogP contribution is -2.29. The largest absolute Gasteiger partial charge is 0.322 e. The summed E-state index contributed by atoms with van der Waals surface area (Å²) in [5, 5.41) is 5.52. The van der Waals surface area contributed by atoms with Crippen LogP contribution in [0, 0.1) is 6.92 Å². The maximum atomic E-state index is 6.18. The summed E-state index contributed by atoms with van der Waals surface area (Å²) in [6.07, 6.45) is 1.78. The smallest absolute Gasteiger partial charge is 0.0836 e. The summed E-state index contributed by atoms with van der Waals surface area (Å²) in [5.74, 6) is 0. The van der Waals surface area contributed by atoms with Gasteiger partial charge in [0.2, 0.25) is 0 Å². The molecule has 96 valence electrons. The van der Waals surface area contributed by atoms with Crippen molar-refractivity contribution < 1.29 is 0 Å². The molecule has 0 atom stereocenters. The van der Waals surface area contributed by atoms with Crippen LogP contribution < -0.4 is 5.73 Å². The van der Waals surface area contributed by atoms with Crippen molar-refractivity contribution in [1.29, 1.82) is 0 Å². The number of aromatic nitrogens is 2. The Morgan fingerprint density at radius 3 is 2.44 bits per heavy atom. The lowest BCUT2D eigenvalue weighted by Gasteiger charge is -2.18. The summed E-state index contributed by atoms with van der Waals surface area (Å²) < 4.78 is 1.78. The van der Waals surface area contributed by atoms with E-state index in [2.05, 4.69) is 5.10 Å².